The van der Waals surface area contributed by atoms with Crippen LogP contribution < -0.4 is 4.31 Å². The highest BCUT2D eigenvalue weighted by atomic mass is 35.5. The molecule has 0 radical (unpaired) electrons. The molecule has 4 nitrogen and oxygen atoms in total. The summed E-state index contributed by atoms with van der Waals surface area (Å²) in [5, 5.41) is 0.0314. The number of carbonyl (C=O) groups is 1. The Morgan fingerprint density at radius 2 is 1.88 bits per heavy atom. The molecule has 0 saturated carbocycles. The molecule has 1 aliphatic heterocycles. The van der Waals surface area contributed by atoms with Crippen molar-refractivity contribution in [3.63, 3.8) is 0 Å². The first-order valence-electron chi connectivity index (χ1n) is 10.1. The number of nitrogens with zero attached hydrogens (tertiary/aromatic N) is 1. The molecule has 0 spiro atoms. The van der Waals surface area contributed by atoms with Gasteiger partial charge in [-0.2, -0.15) is 0 Å². The summed E-state index contributed by atoms with van der Waals surface area (Å²) in [5.74, 6) is -1.70. The number of rotatable bonds is 5. The van der Waals surface area contributed by atoms with E-state index < -0.39 is 27.4 Å². The minimum atomic E-state index is -3.93. The van der Waals surface area contributed by atoms with Gasteiger partial charge in [-0.25, -0.2) is 17.2 Å². The fourth-order valence-corrected chi connectivity index (χ4v) is 6.02. The number of benzene rings is 3. The zero-order valence-corrected chi connectivity index (χ0v) is 18.8. The molecule has 0 fully saturated rings. The van der Waals surface area contributed by atoms with Crippen LogP contribution in [-0.2, 0) is 22.9 Å². The molecular formula is C24H20ClF2NO3S. The van der Waals surface area contributed by atoms with Crippen molar-refractivity contribution in [1.82, 2.24) is 0 Å². The van der Waals surface area contributed by atoms with Crippen LogP contribution in [0.2, 0.25) is 5.02 Å². The number of ketones is 1. The standard InChI is InChI=1S/C24H20ClF2NO3S/c1-15-12-18(26)9-10-23(15)32(30,31)28-11-3-4-17-8-7-16(13-21(17)28)14-22(29)24-19(25)5-2-6-20(24)27/h2,5-10,12-13H,3-4,11,14H2,1H3. The second kappa shape index (κ2) is 8.64. The Balaban J connectivity index is 1.70. The molecule has 3 aromatic carbocycles. The predicted molar refractivity (Wildman–Crippen MR) is 120 cm³/mol. The van der Waals surface area contributed by atoms with Crippen LogP contribution in [-0.4, -0.2) is 20.7 Å². The summed E-state index contributed by atoms with van der Waals surface area (Å²) >= 11 is 6.01. The summed E-state index contributed by atoms with van der Waals surface area (Å²) in [6, 6.07) is 12.8. The van der Waals surface area contributed by atoms with Gasteiger partial charge in [0.25, 0.3) is 10.0 Å². The summed E-state index contributed by atoms with van der Waals surface area (Å²) in [6.07, 6.45) is 1.20. The third-order valence-corrected chi connectivity index (χ3v) is 7.83. The number of aryl methyl sites for hydroxylation is 2. The summed E-state index contributed by atoms with van der Waals surface area (Å²) in [6.45, 7) is 1.82. The van der Waals surface area contributed by atoms with E-state index in [0.29, 0.717) is 29.7 Å². The zero-order valence-electron chi connectivity index (χ0n) is 17.2. The number of anilines is 1. The maximum Gasteiger partial charge on any atom is 0.264 e. The third kappa shape index (κ3) is 4.14. The maximum absolute atomic E-state index is 14.1. The van der Waals surface area contributed by atoms with E-state index in [1.165, 1.54) is 34.6 Å². The molecule has 0 unspecified atom stereocenters. The molecule has 4 rings (SSSR count). The average Bonchev–Trinajstić information content (AvgIpc) is 2.72. The number of hydrogen-bond donors (Lipinski definition) is 0. The normalized spacial score (nSPS) is 13.7. The van der Waals surface area contributed by atoms with Gasteiger partial charge >= 0.3 is 0 Å². The molecule has 32 heavy (non-hydrogen) atoms. The lowest BCUT2D eigenvalue weighted by Gasteiger charge is -2.31. The van der Waals surface area contributed by atoms with Crippen LogP contribution in [0.3, 0.4) is 0 Å². The summed E-state index contributed by atoms with van der Waals surface area (Å²) in [7, 11) is -3.93. The number of sulfonamides is 1. The largest absolute Gasteiger partial charge is 0.294 e. The van der Waals surface area contributed by atoms with Crippen molar-refractivity contribution < 1.29 is 22.0 Å². The number of hydrogen-bond acceptors (Lipinski definition) is 3. The van der Waals surface area contributed by atoms with E-state index in [1.54, 1.807) is 25.1 Å². The van der Waals surface area contributed by atoms with Gasteiger partial charge in [0.15, 0.2) is 5.78 Å². The van der Waals surface area contributed by atoms with Crippen molar-refractivity contribution in [2.24, 2.45) is 0 Å². The van der Waals surface area contributed by atoms with Crippen LogP contribution in [0.15, 0.2) is 59.5 Å². The molecule has 1 heterocycles. The molecule has 0 N–H and O–H groups in total. The summed E-state index contributed by atoms with van der Waals surface area (Å²) in [4.78, 5) is 12.7. The van der Waals surface area contributed by atoms with Gasteiger partial charge in [-0.1, -0.05) is 29.8 Å². The summed E-state index contributed by atoms with van der Waals surface area (Å²) < 4.78 is 55.7. The lowest BCUT2D eigenvalue weighted by molar-refractivity contribution is 0.0989. The first-order chi connectivity index (χ1) is 15.2. The first kappa shape index (κ1) is 22.4. The average molecular weight is 476 g/mol. The van der Waals surface area contributed by atoms with E-state index in [2.05, 4.69) is 0 Å². The molecule has 3 aromatic rings. The Kier molecular flexibility index (Phi) is 6.05. The Bertz CT molecular complexity index is 1300. The number of Topliss-reactive ketones (excluding diaryl/α,β-unsaturated/α-hetero) is 1. The molecule has 0 atom stereocenters. The second-order valence-corrected chi connectivity index (χ2v) is 9.99. The van der Waals surface area contributed by atoms with Gasteiger partial charge in [0.05, 0.1) is 21.2 Å². The van der Waals surface area contributed by atoms with Gasteiger partial charge in [-0.3, -0.25) is 9.10 Å². The molecule has 0 aromatic heterocycles. The highest BCUT2D eigenvalue weighted by Crippen LogP contribution is 2.34. The smallest absolute Gasteiger partial charge is 0.264 e. The second-order valence-electron chi connectivity index (χ2n) is 7.75. The molecule has 0 bridgehead atoms. The number of halogens is 3. The third-order valence-electron chi connectivity index (χ3n) is 5.54. The molecule has 0 saturated heterocycles. The lowest BCUT2D eigenvalue weighted by atomic mass is 9.97. The van der Waals surface area contributed by atoms with Crippen molar-refractivity contribution in [2.75, 3.05) is 10.8 Å². The lowest BCUT2D eigenvalue weighted by Crippen LogP contribution is -2.36. The van der Waals surface area contributed by atoms with E-state index in [1.807, 2.05) is 0 Å². The fourth-order valence-electron chi connectivity index (χ4n) is 4.01. The van der Waals surface area contributed by atoms with Gasteiger partial charge in [-0.05, 0) is 72.9 Å². The molecule has 0 amide bonds. The molecule has 1 aliphatic rings. The maximum atomic E-state index is 14.1. The van der Waals surface area contributed by atoms with E-state index in [0.717, 1.165) is 11.6 Å². The monoisotopic (exact) mass is 475 g/mol. The van der Waals surface area contributed by atoms with Crippen molar-refractivity contribution in [3.05, 3.63) is 93.5 Å². The molecule has 166 valence electrons. The Morgan fingerprint density at radius 3 is 2.59 bits per heavy atom. The van der Waals surface area contributed by atoms with Gasteiger partial charge in [0, 0.05) is 13.0 Å². The van der Waals surface area contributed by atoms with Crippen molar-refractivity contribution in [1.29, 1.82) is 0 Å². The zero-order chi connectivity index (χ0) is 23.0. The van der Waals surface area contributed by atoms with Gasteiger partial charge < -0.3 is 0 Å². The van der Waals surface area contributed by atoms with E-state index in [-0.39, 0.29) is 28.4 Å². The van der Waals surface area contributed by atoms with Crippen LogP contribution in [0.1, 0.15) is 33.5 Å². The van der Waals surface area contributed by atoms with Crippen LogP contribution >= 0.6 is 11.6 Å². The van der Waals surface area contributed by atoms with E-state index in [9.17, 15) is 22.0 Å². The number of fused-ring (bicyclic) bond motifs is 1. The SMILES string of the molecule is Cc1cc(F)ccc1S(=O)(=O)N1CCCc2ccc(CC(=O)c3c(F)cccc3Cl)cc21. The predicted octanol–water partition coefficient (Wildman–Crippen LogP) is 5.49. The van der Waals surface area contributed by atoms with Gasteiger partial charge in [0.2, 0.25) is 0 Å². The van der Waals surface area contributed by atoms with Crippen LogP contribution in [0.4, 0.5) is 14.5 Å². The molecule has 0 aliphatic carbocycles. The minimum Gasteiger partial charge on any atom is -0.294 e. The summed E-state index contributed by atoms with van der Waals surface area (Å²) in [5.41, 5.74) is 1.99. The Labute approximate surface area is 190 Å². The van der Waals surface area contributed by atoms with Crippen LogP contribution in [0.25, 0.3) is 0 Å². The Hall–Kier alpha value is -2.77. The van der Waals surface area contributed by atoms with Crippen molar-refractivity contribution in [2.45, 2.75) is 31.1 Å². The minimum absolute atomic E-state index is 0.0314. The highest BCUT2D eigenvalue weighted by Gasteiger charge is 2.31. The highest BCUT2D eigenvalue weighted by molar-refractivity contribution is 7.92. The Morgan fingerprint density at radius 1 is 1.09 bits per heavy atom. The topological polar surface area (TPSA) is 54.5 Å². The van der Waals surface area contributed by atoms with Crippen LogP contribution in [0, 0.1) is 18.6 Å². The van der Waals surface area contributed by atoms with Gasteiger partial charge in [-0.15, -0.1) is 0 Å². The van der Waals surface area contributed by atoms with E-state index in [4.69, 9.17) is 11.6 Å². The first-order valence-corrected chi connectivity index (χ1v) is 11.9. The van der Waals surface area contributed by atoms with Crippen molar-refractivity contribution in [3.8, 4) is 0 Å². The number of carbonyl (C=O) groups excluding carboxylic acids is 1. The molecule has 8 heteroatoms. The van der Waals surface area contributed by atoms with E-state index >= 15 is 0 Å². The quantitative estimate of drug-likeness (QED) is 0.458. The van der Waals surface area contributed by atoms with Gasteiger partial charge in [0.1, 0.15) is 11.6 Å². The van der Waals surface area contributed by atoms with Crippen LogP contribution in [0.5, 0.6) is 0 Å². The fraction of sp³-hybridized carbons (Fsp3) is 0.208. The molecular weight excluding hydrogens is 456 g/mol. The van der Waals surface area contributed by atoms with Crippen molar-refractivity contribution >= 4 is 33.1 Å².